The summed E-state index contributed by atoms with van der Waals surface area (Å²) < 4.78 is 0. The van der Waals surface area contributed by atoms with Gasteiger partial charge in [-0.05, 0) is 38.0 Å². The predicted octanol–water partition coefficient (Wildman–Crippen LogP) is 2.26. The number of aryl methyl sites for hydroxylation is 2. The maximum absolute atomic E-state index is 9.25. The van der Waals surface area contributed by atoms with E-state index in [-0.39, 0.29) is 0 Å². The first-order chi connectivity index (χ1) is 11.2. The van der Waals surface area contributed by atoms with Crippen LogP contribution in [0, 0.1) is 25.2 Å². The molecule has 0 bridgehead atoms. The molecule has 1 aromatic carbocycles. The van der Waals surface area contributed by atoms with Crippen LogP contribution in [0.3, 0.4) is 0 Å². The van der Waals surface area contributed by atoms with Crippen LogP contribution >= 0.6 is 0 Å². The van der Waals surface area contributed by atoms with Gasteiger partial charge in [0, 0.05) is 38.4 Å². The minimum atomic E-state index is 0.769. The van der Waals surface area contributed by atoms with Crippen LogP contribution in [0.15, 0.2) is 24.3 Å². The minimum Gasteiger partial charge on any atom is -0.368 e. The molecule has 2 heterocycles. The molecule has 0 saturated carbocycles. The standard InChI is InChI=1S/C18H23N5/c1-14-17(15(2)21-20-14)7-8-22-9-11-23(12-10-22)18-6-4-3-5-16(18)13-19/h3-6H,7-12H2,1-2H3,(H,20,21). The molecule has 0 atom stereocenters. The highest BCUT2D eigenvalue weighted by atomic mass is 15.3. The topological polar surface area (TPSA) is 59.0 Å². The lowest BCUT2D eigenvalue weighted by Gasteiger charge is -2.36. The molecular weight excluding hydrogens is 286 g/mol. The Morgan fingerprint density at radius 2 is 1.91 bits per heavy atom. The van der Waals surface area contributed by atoms with Crippen molar-refractivity contribution in [2.75, 3.05) is 37.6 Å². The fraction of sp³-hybridized carbons (Fsp3) is 0.444. The van der Waals surface area contributed by atoms with E-state index in [2.05, 4.69) is 39.9 Å². The van der Waals surface area contributed by atoms with Gasteiger partial charge in [-0.2, -0.15) is 10.4 Å². The number of nitrogens with one attached hydrogen (secondary N) is 1. The number of H-pyrrole nitrogens is 1. The predicted molar refractivity (Wildman–Crippen MR) is 91.6 cm³/mol. The first-order valence-corrected chi connectivity index (χ1v) is 8.16. The third-order valence-corrected chi connectivity index (χ3v) is 4.70. The Labute approximate surface area is 137 Å². The molecule has 1 aromatic heterocycles. The Bertz CT molecular complexity index is 685. The van der Waals surface area contributed by atoms with E-state index in [1.165, 1.54) is 11.3 Å². The average Bonchev–Trinajstić information content (AvgIpc) is 2.92. The first kappa shape index (κ1) is 15.6. The van der Waals surface area contributed by atoms with Gasteiger partial charge in [0.2, 0.25) is 0 Å². The highest BCUT2D eigenvalue weighted by Crippen LogP contribution is 2.21. The lowest BCUT2D eigenvalue weighted by atomic mass is 10.1. The van der Waals surface area contributed by atoms with Crippen molar-refractivity contribution >= 4 is 5.69 Å². The molecule has 23 heavy (non-hydrogen) atoms. The lowest BCUT2D eigenvalue weighted by Crippen LogP contribution is -2.47. The number of rotatable bonds is 4. The molecule has 120 valence electrons. The van der Waals surface area contributed by atoms with Crippen LogP contribution in [0.25, 0.3) is 0 Å². The van der Waals surface area contributed by atoms with E-state index in [0.29, 0.717) is 0 Å². The van der Waals surface area contributed by atoms with Gasteiger partial charge in [0.15, 0.2) is 0 Å². The summed E-state index contributed by atoms with van der Waals surface area (Å²) in [7, 11) is 0. The van der Waals surface area contributed by atoms with E-state index < -0.39 is 0 Å². The van der Waals surface area contributed by atoms with Gasteiger partial charge in [-0.25, -0.2) is 0 Å². The zero-order valence-corrected chi connectivity index (χ0v) is 13.8. The monoisotopic (exact) mass is 309 g/mol. The third-order valence-electron chi connectivity index (χ3n) is 4.70. The smallest absolute Gasteiger partial charge is 0.101 e. The van der Waals surface area contributed by atoms with Crippen molar-refractivity contribution in [1.29, 1.82) is 5.26 Å². The normalized spacial score (nSPS) is 15.6. The lowest BCUT2D eigenvalue weighted by molar-refractivity contribution is 0.260. The zero-order valence-electron chi connectivity index (χ0n) is 13.8. The van der Waals surface area contributed by atoms with Gasteiger partial charge in [0.05, 0.1) is 16.9 Å². The fourth-order valence-corrected chi connectivity index (χ4v) is 3.27. The second-order valence-corrected chi connectivity index (χ2v) is 6.12. The van der Waals surface area contributed by atoms with Crippen LogP contribution in [0.2, 0.25) is 0 Å². The molecule has 5 heteroatoms. The Morgan fingerprint density at radius 3 is 2.57 bits per heavy atom. The molecule has 1 fully saturated rings. The Hall–Kier alpha value is -2.32. The molecule has 1 N–H and O–H groups in total. The number of aromatic nitrogens is 2. The SMILES string of the molecule is Cc1n[nH]c(C)c1CCN1CCN(c2ccccc2C#N)CC1. The van der Waals surface area contributed by atoms with Gasteiger partial charge in [-0.1, -0.05) is 12.1 Å². The molecule has 1 aliphatic rings. The highest BCUT2D eigenvalue weighted by molar-refractivity contribution is 5.59. The summed E-state index contributed by atoms with van der Waals surface area (Å²) in [5.41, 5.74) is 5.48. The van der Waals surface area contributed by atoms with E-state index in [1.54, 1.807) is 0 Å². The summed E-state index contributed by atoms with van der Waals surface area (Å²) in [5, 5.41) is 16.6. The summed E-state index contributed by atoms with van der Waals surface area (Å²) >= 11 is 0. The molecule has 0 radical (unpaired) electrons. The van der Waals surface area contributed by atoms with E-state index in [1.807, 2.05) is 24.3 Å². The number of hydrogen-bond acceptors (Lipinski definition) is 4. The fourth-order valence-electron chi connectivity index (χ4n) is 3.27. The highest BCUT2D eigenvalue weighted by Gasteiger charge is 2.19. The Balaban J connectivity index is 1.56. The minimum absolute atomic E-state index is 0.769. The van der Waals surface area contributed by atoms with Gasteiger partial charge in [0.25, 0.3) is 0 Å². The maximum Gasteiger partial charge on any atom is 0.101 e. The molecule has 5 nitrogen and oxygen atoms in total. The van der Waals surface area contributed by atoms with E-state index in [4.69, 9.17) is 0 Å². The van der Waals surface area contributed by atoms with E-state index in [0.717, 1.165) is 56.1 Å². The van der Waals surface area contributed by atoms with Crippen molar-refractivity contribution in [2.24, 2.45) is 0 Å². The van der Waals surface area contributed by atoms with Crippen LogP contribution in [-0.4, -0.2) is 47.8 Å². The van der Waals surface area contributed by atoms with Crippen LogP contribution in [-0.2, 0) is 6.42 Å². The second-order valence-electron chi connectivity index (χ2n) is 6.12. The molecule has 3 rings (SSSR count). The van der Waals surface area contributed by atoms with Crippen molar-refractivity contribution in [3.63, 3.8) is 0 Å². The number of nitriles is 1. The average molecular weight is 309 g/mol. The number of benzene rings is 1. The zero-order chi connectivity index (χ0) is 16.2. The van der Waals surface area contributed by atoms with Gasteiger partial charge >= 0.3 is 0 Å². The number of para-hydroxylation sites is 1. The van der Waals surface area contributed by atoms with Crippen molar-refractivity contribution in [3.8, 4) is 6.07 Å². The summed E-state index contributed by atoms with van der Waals surface area (Å²) in [5.74, 6) is 0. The van der Waals surface area contributed by atoms with Crippen molar-refractivity contribution in [1.82, 2.24) is 15.1 Å². The number of anilines is 1. The molecule has 1 aliphatic heterocycles. The molecule has 0 amide bonds. The summed E-state index contributed by atoms with van der Waals surface area (Å²) in [4.78, 5) is 4.82. The maximum atomic E-state index is 9.25. The second kappa shape index (κ2) is 6.84. The van der Waals surface area contributed by atoms with Gasteiger partial charge < -0.3 is 4.90 Å². The number of hydrogen-bond donors (Lipinski definition) is 1. The molecule has 1 saturated heterocycles. The number of nitrogens with zero attached hydrogens (tertiary/aromatic N) is 4. The van der Waals surface area contributed by atoms with Crippen LogP contribution in [0.1, 0.15) is 22.5 Å². The number of piperazine rings is 1. The van der Waals surface area contributed by atoms with Crippen molar-refractivity contribution < 1.29 is 0 Å². The van der Waals surface area contributed by atoms with Crippen molar-refractivity contribution in [2.45, 2.75) is 20.3 Å². The summed E-state index contributed by atoms with van der Waals surface area (Å²) in [6, 6.07) is 10.2. The molecule has 0 unspecified atom stereocenters. The third kappa shape index (κ3) is 3.38. The van der Waals surface area contributed by atoms with E-state index in [9.17, 15) is 5.26 Å². The molecule has 0 aliphatic carbocycles. The largest absolute Gasteiger partial charge is 0.368 e. The molecular formula is C18H23N5. The number of aromatic amines is 1. The quantitative estimate of drug-likeness (QED) is 0.941. The first-order valence-electron chi connectivity index (χ1n) is 8.16. The summed E-state index contributed by atoms with van der Waals surface area (Å²) in [6.07, 6.45) is 1.04. The van der Waals surface area contributed by atoms with Gasteiger partial charge in [0.1, 0.15) is 6.07 Å². The molecule has 2 aromatic rings. The van der Waals surface area contributed by atoms with Crippen molar-refractivity contribution in [3.05, 3.63) is 46.8 Å². The Morgan fingerprint density at radius 1 is 1.17 bits per heavy atom. The van der Waals surface area contributed by atoms with E-state index >= 15 is 0 Å². The molecule has 0 spiro atoms. The van der Waals surface area contributed by atoms with Gasteiger partial charge in [-0.3, -0.25) is 10.00 Å². The van der Waals surface area contributed by atoms with Crippen LogP contribution in [0.4, 0.5) is 5.69 Å². The Kier molecular flexibility index (Phi) is 4.63. The van der Waals surface area contributed by atoms with Crippen LogP contribution in [0.5, 0.6) is 0 Å². The van der Waals surface area contributed by atoms with Gasteiger partial charge in [-0.15, -0.1) is 0 Å². The summed E-state index contributed by atoms with van der Waals surface area (Å²) in [6.45, 7) is 9.24. The van der Waals surface area contributed by atoms with Crippen LogP contribution < -0.4 is 4.90 Å².